The van der Waals surface area contributed by atoms with Crippen LogP contribution in [0.3, 0.4) is 0 Å². The highest BCUT2D eigenvalue weighted by Gasteiger charge is 2.60. The van der Waals surface area contributed by atoms with E-state index in [1.54, 1.807) is 38.5 Å². The van der Waals surface area contributed by atoms with E-state index in [0.29, 0.717) is 0 Å². The van der Waals surface area contributed by atoms with Crippen LogP contribution in [0, 0.1) is 107 Å². The third kappa shape index (κ3) is 6.88. The zero-order valence-corrected chi connectivity index (χ0v) is 38.1. The zero-order chi connectivity index (χ0) is 38.3. The fourth-order valence-electron chi connectivity index (χ4n) is 17.7. The molecule has 310 valence electrons. The Bertz CT molecular complexity index is 1100. The second-order valence-electron chi connectivity index (χ2n) is 23.7. The molecule has 2 nitrogen and oxygen atoms in total. The largest absolute Gasteiger partial charge is 0.294 e. The zero-order valence-electron chi connectivity index (χ0n) is 38.1. The lowest BCUT2D eigenvalue weighted by Gasteiger charge is -2.66. The quantitative estimate of drug-likeness (QED) is 0.267. The predicted octanol–water partition coefficient (Wildman–Crippen LogP) is 13.5. The minimum atomic E-state index is 0.784. The van der Waals surface area contributed by atoms with Gasteiger partial charge in [-0.2, -0.15) is 0 Å². The summed E-state index contributed by atoms with van der Waals surface area (Å²) in [4.78, 5) is 6.85. The summed E-state index contributed by atoms with van der Waals surface area (Å²) >= 11 is 0. The molecule has 54 heavy (non-hydrogen) atoms. The first kappa shape index (κ1) is 40.7. The Labute approximate surface area is 337 Å². The molecule has 16 atom stereocenters. The maximum Gasteiger partial charge on any atom is 0.0158 e. The van der Waals surface area contributed by atoms with Gasteiger partial charge in [-0.25, -0.2) is 0 Å². The van der Waals surface area contributed by atoms with E-state index in [1.807, 2.05) is 0 Å². The van der Waals surface area contributed by atoms with Crippen LogP contribution >= 0.6 is 0 Å². The summed E-state index contributed by atoms with van der Waals surface area (Å²) in [5, 5.41) is 0. The van der Waals surface area contributed by atoms with Crippen LogP contribution in [0.25, 0.3) is 0 Å². The SMILES string of the molecule is CC1CCC(N(C2CCC3CCC4C5C(CCC2C35)CCC4N(C2CCC(C)CC2)C2C(C)C(C)C(C)C(C)C2C)C2C(C)C(C)C(C)C(C)C2C)CC1. The molecule has 0 N–H and O–H groups in total. The molecular weight excluding hydrogens is 653 g/mol. The van der Waals surface area contributed by atoms with Gasteiger partial charge in [0.15, 0.2) is 0 Å². The molecule has 0 saturated heterocycles. The minimum absolute atomic E-state index is 0.784. The number of rotatable bonds is 6. The van der Waals surface area contributed by atoms with Crippen molar-refractivity contribution in [3.8, 4) is 0 Å². The van der Waals surface area contributed by atoms with Crippen molar-refractivity contribution in [2.75, 3.05) is 0 Å². The van der Waals surface area contributed by atoms with Crippen molar-refractivity contribution in [1.29, 1.82) is 0 Å². The summed E-state index contributed by atoms with van der Waals surface area (Å²) < 4.78 is 0. The third-order valence-corrected chi connectivity index (χ3v) is 22.0. The Hall–Kier alpha value is -0.0800. The van der Waals surface area contributed by atoms with Crippen LogP contribution < -0.4 is 0 Å². The lowest BCUT2D eigenvalue weighted by atomic mass is 9.46. The second-order valence-corrected chi connectivity index (χ2v) is 23.7. The van der Waals surface area contributed by atoms with E-state index >= 15 is 0 Å². The van der Waals surface area contributed by atoms with E-state index < -0.39 is 0 Å². The molecule has 0 aromatic rings. The number of hydrogen-bond donors (Lipinski definition) is 0. The molecule has 8 aliphatic carbocycles. The Kier molecular flexibility index (Phi) is 12.2. The lowest BCUT2D eigenvalue weighted by Crippen LogP contribution is -2.67. The van der Waals surface area contributed by atoms with Crippen molar-refractivity contribution in [2.24, 2.45) is 107 Å². The van der Waals surface area contributed by atoms with Gasteiger partial charge in [0.25, 0.3) is 0 Å². The van der Waals surface area contributed by atoms with Crippen molar-refractivity contribution >= 4 is 0 Å². The fraction of sp³-hybridized carbons (Fsp3) is 1.00. The molecule has 0 radical (unpaired) electrons. The Morgan fingerprint density at radius 3 is 0.870 bits per heavy atom. The average Bonchev–Trinajstić information content (AvgIpc) is 3.18. The van der Waals surface area contributed by atoms with Gasteiger partial charge in [0, 0.05) is 36.3 Å². The second kappa shape index (κ2) is 16.2. The summed E-state index contributed by atoms with van der Waals surface area (Å²) in [6, 6.07) is 4.95. The molecule has 0 aromatic carbocycles. The van der Waals surface area contributed by atoms with E-state index in [2.05, 4.69) is 92.9 Å². The highest BCUT2D eigenvalue weighted by Crippen LogP contribution is 2.63. The summed E-state index contributed by atoms with van der Waals surface area (Å²) in [6.07, 6.45) is 24.2. The van der Waals surface area contributed by atoms with Crippen LogP contribution in [-0.2, 0) is 0 Å². The van der Waals surface area contributed by atoms with Crippen LogP contribution in [0.2, 0.25) is 0 Å². The first-order valence-corrected chi connectivity index (χ1v) is 25.3. The normalized spacial score (nSPS) is 56.8. The van der Waals surface area contributed by atoms with Gasteiger partial charge in [-0.05, 0) is 209 Å². The van der Waals surface area contributed by atoms with Crippen LogP contribution in [0.4, 0.5) is 0 Å². The molecule has 8 saturated carbocycles. The maximum absolute atomic E-state index is 3.43. The Balaban J connectivity index is 1.13. The summed E-state index contributed by atoms with van der Waals surface area (Å²) in [5.41, 5.74) is 0. The first-order chi connectivity index (χ1) is 25.8. The monoisotopic (exact) mass is 745 g/mol. The molecule has 0 bridgehead atoms. The van der Waals surface area contributed by atoms with Crippen molar-refractivity contribution in [3.05, 3.63) is 0 Å². The van der Waals surface area contributed by atoms with Crippen LogP contribution in [-0.4, -0.2) is 46.1 Å². The van der Waals surface area contributed by atoms with Crippen LogP contribution in [0.15, 0.2) is 0 Å². The van der Waals surface area contributed by atoms with Crippen molar-refractivity contribution in [2.45, 2.75) is 222 Å². The highest BCUT2D eigenvalue weighted by molar-refractivity contribution is 5.11. The number of nitrogens with zero attached hydrogens (tertiary/aromatic N) is 2. The van der Waals surface area contributed by atoms with Gasteiger partial charge in [0.2, 0.25) is 0 Å². The maximum atomic E-state index is 3.43. The van der Waals surface area contributed by atoms with Gasteiger partial charge >= 0.3 is 0 Å². The molecule has 8 aliphatic rings. The van der Waals surface area contributed by atoms with E-state index in [1.165, 1.54) is 64.2 Å². The summed E-state index contributed by atoms with van der Waals surface area (Å²) in [6.45, 7) is 31.8. The van der Waals surface area contributed by atoms with Gasteiger partial charge in [-0.15, -0.1) is 0 Å². The smallest absolute Gasteiger partial charge is 0.0158 e. The van der Waals surface area contributed by atoms with Crippen molar-refractivity contribution in [3.63, 3.8) is 0 Å². The van der Waals surface area contributed by atoms with Crippen molar-refractivity contribution in [1.82, 2.24) is 9.80 Å². The van der Waals surface area contributed by atoms with E-state index in [0.717, 1.165) is 143 Å². The van der Waals surface area contributed by atoms with Gasteiger partial charge in [0.05, 0.1) is 0 Å². The molecule has 8 fully saturated rings. The summed E-state index contributed by atoms with van der Waals surface area (Å²) in [5.74, 6) is 16.2. The fourth-order valence-corrected chi connectivity index (χ4v) is 17.7. The van der Waals surface area contributed by atoms with Crippen LogP contribution in [0.1, 0.15) is 186 Å². The molecular formula is C52H92N2. The molecule has 0 aromatic heterocycles. The molecule has 16 unspecified atom stereocenters. The average molecular weight is 745 g/mol. The Morgan fingerprint density at radius 1 is 0.278 bits per heavy atom. The first-order valence-electron chi connectivity index (χ1n) is 25.3. The molecule has 2 heteroatoms. The highest BCUT2D eigenvalue weighted by atomic mass is 15.3. The Morgan fingerprint density at radius 2 is 0.556 bits per heavy atom. The van der Waals surface area contributed by atoms with Gasteiger partial charge in [-0.1, -0.05) is 83.1 Å². The van der Waals surface area contributed by atoms with Gasteiger partial charge in [0.1, 0.15) is 0 Å². The molecule has 8 rings (SSSR count). The topological polar surface area (TPSA) is 6.48 Å². The van der Waals surface area contributed by atoms with Crippen LogP contribution in [0.5, 0.6) is 0 Å². The van der Waals surface area contributed by atoms with E-state index in [4.69, 9.17) is 0 Å². The predicted molar refractivity (Wildman–Crippen MR) is 231 cm³/mol. The standard InChI is InChI=1S/C52H92N2/c1-29-13-21-43(22-14-29)53(51-37(9)33(5)31(3)34(6)38(51)10)47-27-19-41-18-26-46-48(28-20-42-17-25-45(47)49(41)50(42)46)54(44-23-15-30(2)16-24-44)52-39(11)35(7)32(4)36(8)40(52)12/h29-52H,13-28H2,1-12H3. The summed E-state index contributed by atoms with van der Waals surface area (Å²) in [7, 11) is 0. The van der Waals surface area contributed by atoms with Gasteiger partial charge < -0.3 is 0 Å². The van der Waals surface area contributed by atoms with Crippen molar-refractivity contribution < 1.29 is 0 Å². The van der Waals surface area contributed by atoms with E-state index in [9.17, 15) is 0 Å². The molecule has 0 heterocycles. The van der Waals surface area contributed by atoms with Gasteiger partial charge in [-0.3, -0.25) is 9.80 Å². The van der Waals surface area contributed by atoms with E-state index in [-0.39, 0.29) is 0 Å². The third-order valence-electron chi connectivity index (χ3n) is 22.0. The molecule has 0 amide bonds. The number of hydrogen-bond acceptors (Lipinski definition) is 2. The molecule has 0 aliphatic heterocycles. The molecule has 0 spiro atoms. The minimum Gasteiger partial charge on any atom is -0.294 e. The lowest BCUT2D eigenvalue weighted by molar-refractivity contribution is -0.168.